The predicted molar refractivity (Wildman–Crippen MR) is 486 cm³/mol. The molecule has 2 aliphatic rings. The molecule has 0 amide bonds. The van der Waals surface area contributed by atoms with E-state index in [-0.39, 0.29) is 65.8 Å². The molecular weight excluding hydrogens is 1370 g/mol. The van der Waals surface area contributed by atoms with Gasteiger partial charge in [-0.25, -0.2) is 0 Å². The first-order chi connectivity index (χ1) is 60.5. The van der Waals surface area contributed by atoms with Gasteiger partial charge in [-0.2, -0.15) is 0 Å². The summed E-state index contributed by atoms with van der Waals surface area (Å²) in [4.78, 5) is 10.2. The van der Waals surface area contributed by atoms with Crippen LogP contribution in [0.1, 0.15) is 180 Å². The van der Waals surface area contributed by atoms with Crippen LogP contribution >= 0.6 is 0 Å². The molecule has 558 valence electrons. The molecule has 0 aliphatic carbocycles. The minimum Gasteiger partial charge on any atom is -0.310 e. The van der Waals surface area contributed by atoms with E-state index in [1.807, 2.05) is 84.9 Å². The van der Waals surface area contributed by atoms with E-state index in [0.29, 0.717) is 22.7 Å². The van der Waals surface area contributed by atoms with Gasteiger partial charge in [0.1, 0.15) is 0 Å². The van der Waals surface area contributed by atoms with Gasteiger partial charge < -0.3 is 18.9 Å². The lowest BCUT2D eigenvalue weighted by molar-refractivity contribution is 0.531. The summed E-state index contributed by atoms with van der Waals surface area (Å²) in [5.74, 6) is 0. The third-order valence-corrected chi connectivity index (χ3v) is 22.9. The second kappa shape index (κ2) is 26.5. The van der Waals surface area contributed by atoms with Gasteiger partial charge in [-0.05, 0) is 185 Å². The smallest absolute Gasteiger partial charge is 0.252 e. The molecule has 0 saturated carbocycles. The van der Waals surface area contributed by atoms with Gasteiger partial charge in [0.05, 0.1) is 61.1 Å². The van der Waals surface area contributed by atoms with Crippen LogP contribution in [0.2, 0.25) is 0 Å². The second-order valence-corrected chi connectivity index (χ2v) is 36.9. The number of para-hydroxylation sites is 4. The molecule has 0 atom stereocenters. The second-order valence-electron chi connectivity index (χ2n) is 36.9. The molecule has 0 saturated heterocycles. The van der Waals surface area contributed by atoms with Crippen LogP contribution in [0.4, 0.5) is 34.1 Å². The Kier molecular flexibility index (Phi) is 13.2. The van der Waals surface area contributed by atoms with Gasteiger partial charge >= 0.3 is 0 Å². The molecule has 6 heteroatoms. The standard InChI is InChI=1S/C107H102BN5/c1-102(2,3)73-54-71(55-74(59-73)103(4,5)6)70-50-52-87-93(56-70)112(100-83(67-36-22-19-23-37-67)60-75(104(7,8)9)61-84(100)68-38-24-20-25-39-68)95-65-78(111-91-48-34-30-44-81(91)82-45-31-35-49-92(82)111)66-96-99(95)108(87)88-53-51-77(110-89-46-32-28-42-79(89)80-43-29-33-47-90(80)110)64-94(88)113(96)101-85(69-40-26-21-27-41-69)62-76(105(10,11)12)63-86(101)72-57-97(106(13,14)15)109-98(58-72)107(16,17)18/h19-66H,1-18H3/i28D,29D,30D,31D,32D,33D,34D,35D,42D,43D,44D,45D,46D,47D,48D,49D. The van der Waals surface area contributed by atoms with Gasteiger partial charge in [0, 0.05) is 94.5 Å². The molecule has 0 fully saturated rings. The van der Waals surface area contributed by atoms with Gasteiger partial charge in [-0.3, -0.25) is 4.98 Å². The van der Waals surface area contributed by atoms with Gasteiger partial charge in [-0.15, -0.1) is 0 Å². The summed E-state index contributed by atoms with van der Waals surface area (Å²) >= 11 is 0. The van der Waals surface area contributed by atoms with Crippen LogP contribution in [0, 0.1) is 0 Å². The van der Waals surface area contributed by atoms with Crippen molar-refractivity contribution in [1.29, 1.82) is 0 Å². The van der Waals surface area contributed by atoms with Crippen LogP contribution in [-0.2, 0) is 32.5 Å². The summed E-state index contributed by atoms with van der Waals surface area (Å²) in [6, 6.07) is 59.2. The Hall–Kier alpha value is -11.7. The average Bonchev–Trinajstić information content (AvgIpc) is 1.62. The molecule has 0 bridgehead atoms. The van der Waals surface area contributed by atoms with Crippen LogP contribution < -0.4 is 26.2 Å². The lowest BCUT2D eigenvalue weighted by atomic mass is 9.33. The lowest BCUT2D eigenvalue weighted by Crippen LogP contribution is -2.61. The number of nitrogens with zero attached hydrogens (tertiary/aromatic N) is 5. The molecule has 0 spiro atoms. The first-order valence-electron chi connectivity index (χ1n) is 47.3. The summed E-state index contributed by atoms with van der Waals surface area (Å²) in [6.45, 7) is 38.7. The number of hydrogen-bond acceptors (Lipinski definition) is 3. The summed E-state index contributed by atoms with van der Waals surface area (Å²) in [7, 11) is 0. The third-order valence-electron chi connectivity index (χ3n) is 22.9. The van der Waals surface area contributed by atoms with Crippen molar-refractivity contribution >= 4 is 101 Å². The fraction of sp³-hybridized carbons (Fsp3) is 0.224. The highest BCUT2D eigenvalue weighted by molar-refractivity contribution is 7.00. The Balaban J connectivity index is 1.15. The molecule has 13 aromatic carbocycles. The minimum atomic E-state index is -0.830. The van der Waals surface area contributed by atoms with E-state index in [9.17, 15) is 21.9 Å². The van der Waals surface area contributed by atoms with Gasteiger partial charge in [0.15, 0.2) is 0 Å². The van der Waals surface area contributed by atoms with Crippen LogP contribution in [0.5, 0.6) is 0 Å². The van der Waals surface area contributed by atoms with E-state index in [1.54, 1.807) is 9.13 Å². The maximum atomic E-state index is 10.4. The van der Waals surface area contributed by atoms with Crippen LogP contribution in [0.3, 0.4) is 0 Å². The van der Waals surface area contributed by atoms with Crippen molar-refractivity contribution < 1.29 is 21.9 Å². The number of benzene rings is 13. The van der Waals surface area contributed by atoms with Crippen molar-refractivity contribution in [3.8, 4) is 67.0 Å². The lowest BCUT2D eigenvalue weighted by Gasteiger charge is -2.46. The molecule has 3 aromatic heterocycles. The average molecular weight is 1480 g/mol. The van der Waals surface area contributed by atoms with Crippen LogP contribution in [0.15, 0.2) is 291 Å². The molecule has 2 aliphatic heterocycles. The Labute approximate surface area is 691 Å². The first kappa shape index (κ1) is 56.5. The Bertz CT molecular complexity index is 7220. The van der Waals surface area contributed by atoms with E-state index in [1.165, 1.54) is 0 Å². The van der Waals surface area contributed by atoms with E-state index in [4.69, 9.17) is 4.98 Å². The molecule has 16 aromatic rings. The molecule has 0 radical (unpaired) electrons. The summed E-state index contributed by atoms with van der Waals surface area (Å²) in [5.41, 5.74) is 17.7. The fourth-order valence-electron chi connectivity index (χ4n) is 16.7. The summed E-state index contributed by atoms with van der Waals surface area (Å²) < 4.78 is 160. The number of hydrogen-bond donors (Lipinski definition) is 0. The molecule has 0 unspecified atom stereocenters. The van der Waals surface area contributed by atoms with E-state index in [0.717, 1.165) is 117 Å². The molecular formula is C107H102BN5. The largest absolute Gasteiger partial charge is 0.310 e. The molecule has 18 rings (SSSR count). The molecule has 113 heavy (non-hydrogen) atoms. The van der Waals surface area contributed by atoms with Crippen LogP contribution in [0.25, 0.3) is 111 Å². The van der Waals surface area contributed by atoms with Gasteiger partial charge in [0.2, 0.25) is 0 Å². The van der Waals surface area contributed by atoms with Crippen molar-refractivity contribution in [3.63, 3.8) is 0 Å². The summed E-state index contributed by atoms with van der Waals surface area (Å²) in [5, 5.41) is -0.450. The van der Waals surface area contributed by atoms with Crippen molar-refractivity contribution in [2.45, 2.75) is 157 Å². The zero-order valence-electron chi connectivity index (χ0n) is 83.8. The van der Waals surface area contributed by atoms with Crippen molar-refractivity contribution in [3.05, 3.63) is 324 Å². The molecule has 5 nitrogen and oxygen atoms in total. The Morgan fingerprint density at radius 1 is 0.274 bits per heavy atom. The quantitative estimate of drug-likeness (QED) is 0.135. The Morgan fingerprint density at radius 2 is 0.602 bits per heavy atom. The number of fused-ring (bicyclic) bond motifs is 10. The maximum Gasteiger partial charge on any atom is 0.252 e. The normalized spacial score (nSPS) is 15.3. The number of anilines is 6. The highest BCUT2D eigenvalue weighted by Gasteiger charge is 2.47. The highest BCUT2D eigenvalue weighted by Crippen LogP contribution is 2.56. The zero-order chi connectivity index (χ0) is 92.7. The molecule has 5 heterocycles. The maximum absolute atomic E-state index is 10.4. The predicted octanol–water partition coefficient (Wildman–Crippen LogP) is 27.5. The third kappa shape index (κ3) is 12.5. The summed E-state index contributed by atoms with van der Waals surface area (Å²) in [6.07, 6.45) is 0. The fourth-order valence-corrected chi connectivity index (χ4v) is 16.7. The zero-order valence-corrected chi connectivity index (χ0v) is 67.8. The molecule has 0 N–H and O–H groups in total. The minimum absolute atomic E-state index is 0.0885. The monoisotopic (exact) mass is 1480 g/mol. The topological polar surface area (TPSA) is 29.2 Å². The SMILES string of the molecule is [2H]c1c([2H])c([2H])c2c(c1[2H])c1c([2H])c([2H])c([2H])c([2H])c1n2-c1ccc2c(c1)N(c1c(-c3ccccc3)cc(C(C)(C)C)cc1-c1cc(C(C)(C)C)nc(C(C)(C)C)c1)c1cc(-n3c4c([2H])c([2H])c([2H])c([2H])c4c4c([2H])c([2H])c([2H])c([2H])c43)cc3c1B2c1ccc(-c2cc(C(C)(C)C)cc(C(C)(C)C)c2)cc1N3c1c(-c2ccccc2)cc(C(C)(C)C)cc1-c1ccccc1. The van der Waals surface area contributed by atoms with Crippen molar-refractivity contribution in [1.82, 2.24) is 14.1 Å². The van der Waals surface area contributed by atoms with Crippen molar-refractivity contribution in [2.24, 2.45) is 0 Å². The van der Waals surface area contributed by atoms with E-state index in [2.05, 4.69) is 244 Å². The van der Waals surface area contributed by atoms with E-state index >= 15 is 0 Å². The van der Waals surface area contributed by atoms with Crippen LogP contribution in [-0.4, -0.2) is 20.8 Å². The number of pyridine rings is 1. The first-order valence-corrected chi connectivity index (χ1v) is 39.3. The highest BCUT2D eigenvalue weighted by atomic mass is 15.2. The number of rotatable bonds is 9. The van der Waals surface area contributed by atoms with Gasteiger partial charge in [-0.1, -0.05) is 325 Å². The van der Waals surface area contributed by atoms with Gasteiger partial charge in [0.25, 0.3) is 6.71 Å². The van der Waals surface area contributed by atoms with Crippen molar-refractivity contribution in [2.75, 3.05) is 9.80 Å². The van der Waals surface area contributed by atoms with E-state index < -0.39 is 125 Å². The number of aromatic nitrogens is 3. The Morgan fingerprint density at radius 3 is 0.973 bits per heavy atom.